The highest BCUT2D eigenvalue weighted by atomic mass is 16.1. The van der Waals surface area contributed by atoms with Gasteiger partial charge in [0.1, 0.15) is 5.69 Å². The summed E-state index contributed by atoms with van der Waals surface area (Å²) >= 11 is 0. The minimum Gasteiger partial charge on any atom is -0.364 e. The van der Waals surface area contributed by atoms with Gasteiger partial charge in [0.05, 0.1) is 0 Å². The third kappa shape index (κ3) is 4.12. The van der Waals surface area contributed by atoms with Crippen LogP contribution in [0.2, 0.25) is 0 Å². The van der Waals surface area contributed by atoms with Gasteiger partial charge >= 0.3 is 0 Å². The average molecular weight is 210 g/mol. The number of aromatic nitrogens is 2. The van der Waals surface area contributed by atoms with Gasteiger partial charge in [0.2, 0.25) is 0 Å². The second-order valence-electron chi connectivity index (χ2n) is 3.43. The van der Waals surface area contributed by atoms with Crippen molar-refractivity contribution in [3.8, 4) is 0 Å². The highest BCUT2D eigenvalue weighted by molar-refractivity contribution is 5.90. The number of nitrogens with two attached hydrogens (primary N) is 1. The van der Waals surface area contributed by atoms with E-state index in [2.05, 4.69) is 17.3 Å². The fraction of sp³-hybridized carbons (Fsp3) is 0.600. The minimum absolute atomic E-state index is 0.330. The third-order valence-corrected chi connectivity index (χ3v) is 2.06. The lowest BCUT2D eigenvalue weighted by molar-refractivity contribution is 0.0994. The lowest BCUT2D eigenvalue weighted by atomic mass is 10.4. The minimum atomic E-state index is -0.474. The topological polar surface area (TPSA) is 72.9 Å². The molecule has 0 saturated heterocycles. The zero-order valence-electron chi connectivity index (χ0n) is 9.07. The van der Waals surface area contributed by atoms with Crippen LogP contribution in [0.25, 0.3) is 0 Å². The standard InChI is InChI=1S/C10H18N4O/c1-2-5-12-6-3-7-14-8-4-9(13-14)10(11)15/h4,8,12H,2-3,5-7H2,1H3,(H2,11,15). The predicted molar refractivity (Wildman–Crippen MR) is 58.5 cm³/mol. The Balaban J connectivity index is 2.23. The van der Waals surface area contributed by atoms with Crippen molar-refractivity contribution in [3.05, 3.63) is 18.0 Å². The van der Waals surface area contributed by atoms with Crippen LogP contribution < -0.4 is 11.1 Å². The summed E-state index contributed by atoms with van der Waals surface area (Å²) in [5, 5.41) is 7.34. The lowest BCUT2D eigenvalue weighted by Gasteiger charge is -2.02. The van der Waals surface area contributed by atoms with Crippen LogP contribution in [0.3, 0.4) is 0 Å². The maximum Gasteiger partial charge on any atom is 0.269 e. The Morgan fingerprint density at radius 1 is 1.60 bits per heavy atom. The van der Waals surface area contributed by atoms with Crippen LogP contribution in [0.5, 0.6) is 0 Å². The van der Waals surface area contributed by atoms with Gasteiger partial charge in [-0.2, -0.15) is 5.10 Å². The lowest BCUT2D eigenvalue weighted by Crippen LogP contribution is -2.18. The van der Waals surface area contributed by atoms with Gasteiger partial charge in [-0.25, -0.2) is 0 Å². The van der Waals surface area contributed by atoms with Gasteiger partial charge in [0.15, 0.2) is 0 Å². The Morgan fingerprint density at radius 2 is 2.40 bits per heavy atom. The summed E-state index contributed by atoms with van der Waals surface area (Å²) in [5.74, 6) is -0.474. The van der Waals surface area contributed by atoms with E-state index >= 15 is 0 Å². The maximum absolute atomic E-state index is 10.8. The number of carbonyl (C=O) groups excluding carboxylic acids is 1. The van der Waals surface area contributed by atoms with E-state index in [1.54, 1.807) is 16.9 Å². The van der Waals surface area contributed by atoms with Crippen molar-refractivity contribution in [2.45, 2.75) is 26.3 Å². The smallest absolute Gasteiger partial charge is 0.269 e. The fourth-order valence-corrected chi connectivity index (χ4v) is 1.29. The van der Waals surface area contributed by atoms with E-state index in [4.69, 9.17) is 5.73 Å². The van der Waals surface area contributed by atoms with Crippen LogP contribution in [0.15, 0.2) is 12.3 Å². The first-order valence-electron chi connectivity index (χ1n) is 5.28. The Morgan fingerprint density at radius 3 is 3.00 bits per heavy atom. The molecule has 1 rings (SSSR count). The van der Waals surface area contributed by atoms with Crippen molar-refractivity contribution in [1.29, 1.82) is 0 Å². The molecule has 0 radical (unpaired) electrons. The summed E-state index contributed by atoms with van der Waals surface area (Å²) in [6, 6.07) is 1.64. The van der Waals surface area contributed by atoms with Crippen molar-refractivity contribution in [2.75, 3.05) is 13.1 Å². The number of aryl methyl sites for hydroxylation is 1. The number of hydrogen-bond donors (Lipinski definition) is 2. The van der Waals surface area contributed by atoms with Crippen LogP contribution in [0.4, 0.5) is 0 Å². The summed E-state index contributed by atoms with van der Waals surface area (Å²) in [6.07, 6.45) is 3.92. The van der Waals surface area contributed by atoms with Crippen LogP contribution in [0.1, 0.15) is 30.3 Å². The summed E-state index contributed by atoms with van der Waals surface area (Å²) in [7, 11) is 0. The van der Waals surface area contributed by atoms with Crippen molar-refractivity contribution >= 4 is 5.91 Å². The molecule has 0 spiro atoms. The highest BCUT2D eigenvalue weighted by Crippen LogP contribution is 1.95. The van der Waals surface area contributed by atoms with E-state index in [0.29, 0.717) is 5.69 Å². The number of primary amides is 1. The number of amides is 1. The third-order valence-electron chi connectivity index (χ3n) is 2.06. The summed E-state index contributed by atoms with van der Waals surface area (Å²) in [4.78, 5) is 10.8. The first-order valence-corrected chi connectivity index (χ1v) is 5.28. The first kappa shape index (κ1) is 11.7. The molecule has 1 amide bonds. The largest absolute Gasteiger partial charge is 0.364 e. The zero-order chi connectivity index (χ0) is 11.1. The molecular formula is C10H18N4O. The molecule has 0 aliphatic carbocycles. The molecule has 0 aliphatic rings. The molecule has 0 aliphatic heterocycles. The number of rotatable bonds is 7. The van der Waals surface area contributed by atoms with E-state index in [1.165, 1.54) is 0 Å². The van der Waals surface area contributed by atoms with Crippen molar-refractivity contribution < 1.29 is 4.79 Å². The van der Waals surface area contributed by atoms with Crippen LogP contribution in [-0.4, -0.2) is 28.8 Å². The van der Waals surface area contributed by atoms with Crippen LogP contribution >= 0.6 is 0 Å². The monoisotopic (exact) mass is 210 g/mol. The molecule has 0 fully saturated rings. The second kappa shape index (κ2) is 6.19. The molecule has 84 valence electrons. The quantitative estimate of drug-likeness (QED) is 0.639. The van der Waals surface area contributed by atoms with Gasteiger partial charge in [-0.3, -0.25) is 9.48 Å². The molecule has 1 heterocycles. The fourth-order valence-electron chi connectivity index (χ4n) is 1.29. The Bertz CT molecular complexity index is 308. The van der Waals surface area contributed by atoms with E-state index < -0.39 is 5.91 Å². The normalized spacial score (nSPS) is 10.5. The molecule has 0 atom stereocenters. The molecule has 15 heavy (non-hydrogen) atoms. The number of carbonyl (C=O) groups is 1. The van der Waals surface area contributed by atoms with E-state index in [1.807, 2.05) is 0 Å². The van der Waals surface area contributed by atoms with Gasteiger partial charge in [0, 0.05) is 12.7 Å². The number of hydrogen-bond acceptors (Lipinski definition) is 3. The van der Waals surface area contributed by atoms with Crippen molar-refractivity contribution in [2.24, 2.45) is 5.73 Å². The Hall–Kier alpha value is -1.36. The molecule has 1 aromatic heterocycles. The van der Waals surface area contributed by atoms with Crippen LogP contribution in [0, 0.1) is 0 Å². The highest BCUT2D eigenvalue weighted by Gasteiger charge is 2.03. The number of nitrogens with zero attached hydrogens (tertiary/aromatic N) is 2. The Kier molecular flexibility index (Phi) is 4.83. The zero-order valence-corrected chi connectivity index (χ0v) is 9.07. The van der Waals surface area contributed by atoms with Crippen molar-refractivity contribution in [1.82, 2.24) is 15.1 Å². The molecule has 0 saturated carbocycles. The molecular weight excluding hydrogens is 192 g/mol. The molecule has 5 nitrogen and oxygen atoms in total. The van der Waals surface area contributed by atoms with E-state index in [-0.39, 0.29) is 0 Å². The molecule has 3 N–H and O–H groups in total. The molecule has 0 unspecified atom stereocenters. The van der Waals surface area contributed by atoms with E-state index in [9.17, 15) is 4.79 Å². The van der Waals surface area contributed by atoms with Gasteiger partial charge in [-0.05, 0) is 32.0 Å². The van der Waals surface area contributed by atoms with Crippen LogP contribution in [-0.2, 0) is 6.54 Å². The second-order valence-corrected chi connectivity index (χ2v) is 3.43. The maximum atomic E-state index is 10.8. The summed E-state index contributed by atoms with van der Waals surface area (Å²) < 4.78 is 1.74. The van der Waals surface area contributed by atoms with E-state index in [0.717, 1.165) is 32.5 Å². The SMILES string of the molecule is CCCNCCCn1ccc(C(N)=O)n1. The summed E-state index contributed by atoms with van der Waals surface area (Å²) in [5.41, 5.74) is 5.42. The molecule has 0 aromatic carbocycles. The van der Waals surface area contributed by atoms with Gasteiger partial charge in [-0.1, -0.05) is 6.92 Å². The van der Waals surface area contributed by atoms with Gasteiger partial charge in [0.25, 0.3) is 5.91 Å². The molecule has 5 heteroatoms. The van der Waals surface area contributed by atoms with Gasteiger partial charge < -0.3 is 11.1 Å². The molecule has 1 aromatic rings. The van der Waals surface area contributed by atoms with Crippen molar-refractivity contribution in [3.63, 3.8) is 0 Å². The molecule has 0 bridgehead atoms. The summed E-state index contributed by atoms with van der Waals surface area (Å²) in [6.45, 7) is 4.97. The predicted octanol–water partition coefficient (Wildman–Crippen LogP) is 0.372. The average Bonchev–Trinajstić information content (AvgIpc) is 2.66. The first-order chi connectivity index (χ1) is 7.24. The number of nitrogens with one attached hydrogen (secondary N) is 1. The Labute approximate surface area is 89.6 Å². The van der Waals surface area contributed by atoms with Gasteiger partial charge in [-0.15, -0.1) is 0 Å².